The number of methoxy groups -OCH3 is 1. The molecule has 3 aromatic carbocycles. The van der Waals surface area contributed by atoms with Gasteiger partial charge in [0.2, 0.25) is 0 Å². The molecule has 0 heterocycles. The number of benzene rings is 3. The molecule has 0 radical (unpaired) electrons. The average Bonchev–Trinajstić information content (AvgIpc) is 2.83. The fourth-order valence-electron chi connectivity index (χ4n) is 3.91. The van der Waals surface area contributed by atoms with Gasteiger partial charge in [-0.15, -0.1) is 0 Å². The molecule has 0 fully saturated rings. The Balaban J connectivity index is 1.83. The number of hydrogen-bond donors (Lipinski definition) is 1. The first kappa shape index (κ1) is 24.5. The summed E-state index contributed by atoms with van der Waals surface area (Å²) in [5, 5.41) is 9.66. The van der Waals surface area contributed by atoms with Crippen LogP contribution in [-0.2, 0) is 11.2 Å². The van der Waals surface area contributed by atoms with Gasteiger partial charge in [0.25, 0.3) is 0 Å². The van der Waals surface area contributed by atoms with E-state index in [0.717, 1.165) is 17.7 Å². The lowest BCUT2D eigenvalue weighted by molar-refractivity contribution is -0.128. The zero-order valence-corrected chi connectivity index (χ0v) is 20.3. The van der Waals surface area contributed by atoms with Crippen LogP contribution in [0, 0.1) is 19.3 Å². The fourth-order valence-corrected chi connectivity index (χ4v) is 3.91. The minimum atomic E-state index is -0.681. The maximum absolute atomic E-state index is 11.9. The van der Waals surface area contributed by atoms with Crippen molar-refractivity contribution in [2.75, 3.05) is 13.7 Å². The highest BCUT2D eigenvalue weighted by Crippen LogP contribution is 2.29. The number of aliphatic hydroxyl groups excluding tert-OH is 1. The summed E-state index contributed by atoms with van der Waals surface area (Å²) in [7, 11) is 1.68. The van der Waals surface area contributed by atoms with Gasteiger partial charge in [-0.2, -0.15) is 0 Å². The van der Waals surface area contributed by atoms with E-state index in [-0.39, 0.29) is 12.4 Å². The molecule has 0 aromatic heterocycles. The molecule has 0 aliphatic rings. The van der Waals surface area contributed by atoms with E-state index in [1.165, 1.54) is 33.4 Å². The first-order valence-electron chi connectivity index (χ1n) is 11.4. The Bertz CT molecular complexity index is 1140. The monoisotopic (exact) mass is 442 g/mol. The maximum atomic E-state index is 11.9. The lowest BCUT2D eigenvalue weighted by atomic mass is 9.81. The van der Waals surface area contributed by atoms with Crippen LogP contribution in [0.15, 0.2) is 60.7 Å². The maximum Gasteiger partial charge on any atom is 0.137 e. The lowest BCUT2D eigenvalue weighted by Crippen LogP contribution is -2.30. The van der Waals surface area contributed by atoms with Gasteiger partial charge in [0.1, 0.15) is 11.5 Å². The molecular weight excluding hydrogens is 408 g/mol. The molecule has 3 rings (SSSR count). The molecule has 3 nitrogen and oxygen atoms in total. The SMILES string of the molecule is COc1ccc(-c2cccc(C=Cc3cc(CCC(C)(CO)C(C)=O)ccc3C)c2C)cc1. The summed E-state index contributed by atoms with van der Waals surface area (Å²) < 4.78 is 5.28. The van der Waals surface area contributed by atoms with Crippen LogP contribution < -0.4 is 4.74 Å². The van der Waals surface area contributed by atoms with Gasteiger partial charge in [0, 0.05) is 5.41 Å². The summed E-state index contributed by atoms with van der Waals surface area (Å²) in [5.41, 5.74) is 7.64. The molecular formula is C30H34O3. The highest BCUT2D eigenvalue weighted by molar-refractivity contribution is 5.82. The molecule has 0 saturated heterocycles. The van der Waals surface area contributed by atoms with Crippen molar-refractivity contribution in [3.8, 4) is 16.9 Å². The van der Waals surface area contributed by atoms with Crippen molar-refractivity contribution < 1.29 is 14.6 Å². The Morgan fingerprint density at radius 3 is 2.33 bits per heavy atom. The molecule has 1 unspecified atom stereocenters. The summed E-state index contributed by atoms with van der Waals surface area (Å²) in [6.45, 7) is 7.53. The zero-order valence-electron chi connectivity index (χ0n) is 20.3. The highest BCUT2D eigenvalue weighted by atomic mass is 16.5. The number of ketones is 1. The van der Waals surface area contributed by atoms with Gasteiger partial charge in [-0.1, -0.05) is 67.6 Å². The van der Waals surface area contributed by atoms with Gasteiger partial charge in [-0.25, -0.2) is 0 Å². The van der Waals surface area contributed by atoms with Crippen LogP contribution in [0.4, 0.5) is 0 Å². The van der Waals surface area contributed by atoms with E-state index in [9.17, 15) is 9.90 Å². The van der Waals surface area contributed by atoms with Crippen molar-refractivity contribution in [1.82, 2.24) is 0 Å². The predicted molar refractivity (Wildman–Crippen MR) is 137 cm³/mol. The number of ether oxygens (including phenoxy) is 1. The number of rotatable bonds is 9. The van der Waals surface area contributed by atoms with Gasteiger partial charge in [0.05, 0.1) is 13.7 Å². The van der Waals surface area contributed by atoms with Gasteiger partial charge in [0.15, 0.2) is 0 Å². The highest BCUT2D eigenvalue weighted by Gasteiger charge is 2.28. The number of aliphatic hydroxyl groups is 1. The Morgan fingerprint density at radius 2 is 1.70 bits per heavy atom. The van der Waals surface area contributed by atoms with Gasteiger partial charge in [-0.05, 0) is 84.7 Å². The van der Waals surface area contributed by atoms with Crippen LogP contribution >= 0.6 is 0 Å². The molecule has 1 N–H and O–H groups in total. The summed E-state index contributed by atoms with van der Waals surface area (Å²) in [6, 6.07) is 20.9. The van der Waals surface area contributed by atoms with Crippen LogP contribution in [-0.4, -0.2) is 24.6 Å². The molecule has 33 heavy (non-hydrogen) atoms. The lowest BCUT2D eigenvalue weighted by Gasteiger charge is -2.24. The minimum Gasteiger partial charge on any atom is -0.497 e. The quantitative estimate of drug-likeness (QED) is 0.377. The fraction of sp³-hybridized carbons (Fsp3) is 0.300. The molecule has 0 saturated carbocycles. The second kappa shape index (κ2) is 10.6. The summed E-state index contributed by atoms with van der Waals surface area (Å²) in [4.78, 5) is 11.9. The Labute approximate surface area is 197 Å². The summed E-state index contributed by atoms with van der Waals surface area (Å²) in [6.07, 6.45) is 5.72. The van der Waals surface area contributed by atoms with Gasteiger partial charge >= 0.3 is 0 Å². The van der Waals surface area contributed by atoms with Crippen LogP contribution in [0.25, 0.3) is 23.3 Å². The smallest absolute Gasteiger partial charge is 0.137 e. The molecule has 3 aromatic rings. The average molecular weight is 443 g/mol. The number of Topliss-reactive ketones (excluding diaryl/α,β-unsaturated/α-hetero) is 1. The molecule has 0 aliphatic carbocycles. The molecule has 0 bridgehead atoms. The molecule has 1 atom stereocenters. The van der Waals surface area contributed by atoms with Crippen molar-refractivity contribution >= 4 is 17.9 Å². The standard InChI is InChI=1S/C30H34O3/c1-21-9-10-24(17-18-30(4,20-31)23(3)32)19-27(21)12-11-25-7-6-8-29(22(25)2)26-13-15-28(33-5)16-14-26/h6-16,19,31H,17-18,20H2,1-5H3. The van der Waals surface area contributed by atoms with Crippen molar-refractivity contribution in [3.63, 3.8) is 0 Å². The topological polar surface area (TPSA) is 46.5 Å². The Kier molecular flexibility index (Phi) is 7.88. The van der Waals surface area contributed by atoms with E-state index in [0.29, 0.717) is 6.42 Å². The van der Waals surface area contributed by atoms with Crippen molar-refractivity contribution in [3.05, 3.63) is 88.5 Å². The van der Waals surface area contributed by atoms with Crippen LogP contribution in [0.1, 0.15) is 48.1 Å². The Hall–Kier alpha value is -3.17. The number of carbonyl (C=O) groups is 1. The van der Waals surface area contributed by atoms with Crippen molar-refractivity contribution in [2.45, 2.75) is 40.5 Å². The number of hydrogen-bond acceptors (Lipinski definition) is 3. The van der Waals surface area contributed by atoms with E-state index in [4.69, 9.17) is 4.74 Å². The van der Waals surface area contributed by atoms with Crippen molar-refractivity contribution in [2.24, 2.45) is 5.41 Å². The second-order valence-electron chi connectivity index (χ2n) is 9.05. The summed E-state index contributed by atoms with van der Waals surface area (Å²) >= 11 is 0. The molecule has 0 aliphatic heterocycles. The Morgan fingerprint density at radius 1 is 1.00 bits per heavy atom. The molecule has 0 spiro atoms. The number of aryl methyl sites for hydroxylation is 2. The number of carbonyl (C=O) groups excluding carboxylic acids is 1. The van der Waals surface area contributed by atoms with E-state index < -0.39 is 5.41 Å². The van der Waals surface area contributed by atoms with Crippen molar-refractivity contribution in [1.29, 1.82) is 0 Å². The first-order valence-corrected chi connectivity index (χ1v) is 11.4. The molecule has 3 heteroatoms. The van der Waals surface area contributed by atoms with Gasteiger partial charge < -0.3 is 9.84 Å². The third-order valence-electron chi connectivity index (χ3n) is 6.73. The summed E-state index contributed by atoms with van der Waals surface area (Å²) in [5.74, 6) is 0.884. The zero-order chi connectivity index (χ0) is 24.0. The third-order valence-corrected chi connectivity index (χ3v) is 6.73. The normalized spacial score (nSPS) is 13.2. The van der Waals surface area contributed by atoms with Gasteiger partial charge in [-0.3, -0.25) is 4.79 Å². The van der Waals surface area contributed by atoms with E-state index in [1.54, 1.807) is 14.0 Å². The molecule has 172 valence electrons. The largest absolute Gasteiger partial charge is 0.497 e. The van der Waals surface area contributed by atoms with E-state index >= 15 is 0 Å². The molecule has 0 amide bonds. The minimum absolute atomic E-state index is 0.0319. The predicted octanol–water partition coefficient (Wildman–Crippen LogP) is 6.67. The third kappa shape index (κ3) is 5.80. The van der Waals surface area contributed by atoms with Crippen LogP contribution in [0.3, 0.4) is 0 Å². The first-order chi connectivity index (χ1) is 15.8. The van der Waals surface area contributed by atoms with E-state index in [1.807, 2.05) is 19.1 Å². The van der Waals surface area contributed by atoms with Crippen LogP contribution in [0.5, 0.6) is 5.75 Å². The van der Waals surface area contributed by atoms with E-state index in [2.05, 4.69) is 74.5 Å². The second-order valence-corrected chi connectivity index (χ2v) is 9.05. The van der Waals surface area contributed by atoms with Crippen LogP contribution in [0.2, 0.25) is 0 Å².